The third-order valence-corrected chi connectivity index (χ3v) is 11.0. The van der Waals surface area contributed by atoms with Crippen LogP contribution in [0.1, 0.15) is 59.5 Å². The maximum atomic E-state index is 10.2. The van der Waals surface area contributed by atoms with Crippen molar-refractivity contribution in [3.63, 3.8) is 0 Å². The molecule has 2 aliphatic rings. The Morgan fingerprint density at radius 2 is 1.22 bits per heavy atom. The van der Waals surface area contributed by atoms with Crippen molar-refractivity contribution in [2.45, 2.75) is 38.5 Å². The molecule has 0 N–H and O–H groups in total. The van der Waals surface area contributed by atoms with Gasteiger partial charge in [0, 0.05) is 38.7 Å². The number of para-hydroxylation sites is 2. The van der Waals surface area contributed by atoms with Gasteiger partial charge in [-0.15, -0.1) is 0 Å². The Labute approximate surface area is 303 Å². The smallest absolute Gasteiger partial charge is 0.0648 e. The van der Waals surface area contributed by atoms with Gasteiger partial charge in [-0.1, -0.05) is 131 Å². The van der Waals surface area contributed by atoms with Crippen molar-refractivity contribution in [3.05, 3.63) is 180 Å². The summed E-state index contributed by atoms with van der Waals surface area (Å²) in [6.45, 7) is 8.16. The number of aromatic nitrogens is 1. The van der Waals surface area contributed by atoms with Crippen molar-refractivity contribution in [1.82, 2.24) is 4.57 Å². The molecular weight excluding hydrogens is 605 g/mol. The van der Waals surface area contributed by atoms with Crippen molar-refractivity contribution >= 4 is 38.9 Å². The minimum Gasteiger partial charge on any atom is -0.310 e. The van der Waals surface area contributed by atoms with Crippen molar-refractivity contribution in [2.75, 3.05) is 4.90 Å². The van der Waals surface area contributed by atoms with Crippen LogP contribution in [0.15, 0.2) is 158 Å². The molecule has 0 saturated heterocycles. The van der Waals surface area contributed by atoms with E-state index in [1.807, 2.05) is 67.3 Å². The van der Waals surface area contributed by atoms with Crippen LogP contribution in [0.3, 0.4) is 0 Å². The molecule has 0 fully saturated rings. The first-order valence-electron chi connectivity index (χ1n) is 20.6. The SMILES string of the molecule is [2H]c1c([2H])c([2H])c2c(c1[2H])-c1c([2H])c([2H])c(N(c3ccc4c(c3)C(C)(C)c3ccccc3-4)c3cccc4c3c3ccccc3n4-c3ccccc3)c([2H])c1C2(C)C. The second kappa shape index (κ2) is 10.3. The molecule has 1 heterocycles. The Morgan fingerprint density at radius 1 is 0.520 bits per heavy atom. The monoisotopic (exact) mass is 649 g/mol. The molecule has 0 atom stereocenters. The number of anilines is 3. The summed E-state index contributed by atoms with van der Waals surface area (Å²) < 4.78 is 66.9. The minimum atomic E-state index is -1.07. The van der Waals surface area contributed by atoms with Crippen molar-refractivity contribution in [1.29, 1.82) is 0 Å². The second-order valence-corrected chi connectivity index (χ2v) is 14.4. The molecule has 0 radical (unpaired) electrons. The zero-order chi connectivity index (χ0) is 39.9. The Morgan fingerprint density at radius 3 is 2.10 bits per heavy atom. The van der Waals surface area contributed by atoms with Crippen LogP contribution in [0, 0.1) is 0 Å². The summed E-state index contributed by atoms with van der Waals surface area (Å²) in [5, 5.41) is 1.92. The summed E-state index contributed by atoms with van der Waals surface area (Å²) in [5.74, 6) is 0. The van der Waals surface area contributed by atoms with Gasteiger partial charge in [0.15, 0.2) is 0 Å². The van der Waals surface area contributed by atoms with Crippen LogP contribution < -0.4 is 4.90 Å². The predicted octanol–water partition coefficient (Wildman–Crippen LogP) is 12.9. The molecule has 0 aliphatic heterocycles. The highest BCUT2D eigenvalue weighted by Gasteiger charge is 2.38. The van der Waals surface area contributed by atoms with Crippen molar-refractivity contribution < 1.29 is 9.60 Å². The van der Waals surface area contributed by atoms with Gasteiger partial charge in [0.1, 0.15) is 0 Å². The van der Waals surface area contributed by atoms with Gasteiger partial charge in [0.2, 0.25) is 0 Å². The van der Waals surface area contributed by atoms with Crippen LogP contribution in [-0.2, 0) is 10.8 Å². The topological polar surface area (TPSA) is 8.17 Å². The van der Waals surface area contributed by atoms with Crippen LogP contribution in [0.25, 0.3) is 49.7 Å². The number of hydrogen-bond acceptors (Lipinski definition) is 1. The van der Waals surface area contributed by atoms with Gasteiger partial charge in [0.05, 0.1) is 26.3 Å². The zero-order valence-corrected chi connectivity index (χ0v) is 28.4. The van der Waals surface area contributed by atoms with E-state index in [4.69, 9.17) is 5.48 Å². The van der Waals surface area contributed by atoms with E-state index in [9.17, 15) is 4.11 Å². The van der Waals surface area contributed by atoms with E-state index in [1.165, 1.54) is 11.1 Å². The predicted molar refractivity (Wildman–Crippen MR) is 211 cm³/mol. The fourth-order valence-electron chi connectivity index (χ4n) is 8.52. The average molecular weight is 650 g/mol. The summed E-state index contributed by atoms with van der Waals surface area (Å²) in [6, 6.07) is 37.8. The van der Waals surface area contributed by atoms with Crippen LogP contribution in [0.2, 0.25) is 0 Å². The molecule has 7 aromatic carbocycles. The maximum absolute atomic E-state index is 10.2. The Bertz CT molecular complexity index is 3050. The highest BCUT2D eigenvalue weighted by Crippen LogP contribution is 2.54. The number of hydrogen-bond donors (Lipinski definition) is 0. The molecule has 2 heteroatoms. The Balaban J connectivity index is 1.33. The van der Waals surface area contributed by atoms with Crippen molar-refractivity contribution in [2.24, 2.45) is 0 Å². The molecule has 0 bridgehead atoms. The van der Waals surface area contributed by atoms with Crippen molar-refractivity contribution in [3.8, 4) is 27.9 Å². The quantitative estimate of drug-likeness (QED) is 0.184. The zero-order valence-electron chi connectivity index (χ0n) is 35.4. The fraction of sp³-hybridized carbons (Fsp3) is 0.125. The lowest BCUT2D eigenvalue weighted by molar-refractivity contribution is 0.660. The van der Waals surface area contributed by atoms with E-state index in [0.717, 1.165) is 50.0 Å². The lowest BCUT2D eigenvalue weighted by Gasteiger charge is -2.30. The molecule has 8 aromatic rings. The molecule has 0 saturated carbocycles. The second-order valence-electron chi connectivity index (χ2n) is 14.4. The van der Waals surface area contributed by atoms with Gasteiger partial charge >= 0.3 is 0 Å². The molecule has 1 aromatic heterocycles. The van der Waals surface area contributed by atoms with Crippen LogP contribution >= 0.6 is 0 Å². The van der Waals surface area contributed by atoms with Crippen LogP contribution in [0.4, 0.5) is 17.1 Å². The van der Waals surface area contributed by atoms with Gasteiger partial charge in [-0.3, -0.25) is 0 Å². The molecule has 0 amide bonds. The normalized spacial score (nSPS) is 16.7. The summed E-state index contributed by atoms with van der Waals surface area (Å²) >= 11 is 0. The first kappa shape index (κ1) is 22.7. The van der Waals surface area contributed by atoms with Gasteiger partial charge in [-0.2, -0.15) is 0 Å². The standard InChI is InChI=1S/C48H38N2/c1-47(2)39-20-11-8-17-34(39)36-27-25-32(29-41(36)47)49(33-26-28-37-35-18-9-12-21-40(35)48(3,4)42(37)30-33)44-23-14-24-45-46(44)38-19-10-13-22-43(38)50(45)31-15-6-5-7-16-31/h5-30H,1-4H3/i8D,11D,17D,20D,25D,27D,29D. The van der Waals surface area contributed by atoms with E-state index >= 15 is 0 Å². The van der Waals surface area contributed by atoms with Gasteiger partial charge in [0.25, 0.3) is 0 Å². The molecule has 240 valence electrons. The lowest BCUT2D eigenvalue weighted by Crippen LogP contribution is -2.18. The molecule has 50 heavy (non-hydrogen) atoms. The molecule has 0 unspecified atom stereocenters. The first-order valence-corrected chi connectivity index (χ1v) is 17.1. The molecular formula is C48H38N2. The number of rotatable bonds is 4. The Kier molecular flexibility index (Phi) is 4.69. The van der Waals surface area contributed by atoms with Gasteiger partial charge in [-0.05, 0) is 99.1 Å². The minimum absolute atomic E-state index is 0.0101. The third kappa shape index (κ3) is 3.91. The largest absolute Gasteiger partial charge is 0.310 e. The number of fused-ring (bicyclic) bond motifs is 9. The number of benzene rings is 7. The van der Waals surface area contributed by atoms with E-state index in [1.54, 1.807) is 0 Å². The number of nitrogens with zero attached hydrogens (tertiary/aromatic N) is 2. The summed E-state index contributed by atoms with van der Waals surface area (Å²) in [4.78, 5) is 1.97. The highest BCUT2D eigenvalue weighted by atomic mass is 15.1. The van der Waals surface area contributed by atoms with Gasteiger partial charge in [-0.25, -0.2) is 0 Å². The fourth-order valence-corrected chi connectivity index (χ4v) is 8.52. The maximum Gasteiger partial charge on any atom is 0.0648 e. The van der Waals surface area contributed by atoms with E-state index in [0.29, 0.717) is 11.1 Å². The van der Waals surface area contributed by atoms with E-state index in [-0.39, 0.29) is 58.5 Å². The lowest BCUT2D eigenvalue weighted by atomic mass is 9.82. The molecule has 2 nitrogen and oxygen atoms in total. The average Bonchev–Trinajstić information content (AvgIpc) is 3.77. The van der Waals surface area contributed by atoms with Gasteiger partial charge < -0.3 is 9.47 Å². The first-order chi connectivity index (χ1) is 27.3. The van der Waals surface area contributed by atoms with Crippen LogP contribution in [0.5, 0.6) is 0 Å². The summed E-state index contributed by atoms with van der Waals surface area (Å²) in [5.41, 5.74) is 9.07. The third-order valence-electron chi connectivity index (χ3n) is 11.0. The highest BCUT2D eigenvalue weighted by molar-refractivity contribution is 6.16. The summed E-state index contributed by atoms with van der Waals surface area (Å²) in [7, 11) is 0. The molecule has 0 spiro atoms. The molecule has 2 aliphatic carbocycles. The summed E-state index contributed by atoms with van der Waals surface area (Å²) in [6.07, 6.45) is 0. The molecule has 10 rings (SSSR count). The Hall–Kier alpha value is -5.86. The van der Waals surface area contributed by atoms with E-state index < -0.39 is 11.5 Å². The van der Waals surface area contributed by atoms with Crippen LogP contribution in [-0.4, -0.2) is 4.57 Å². The van der Waals surface area contributed by atoms with E-state index in [2.05, 4.69) is 85.1 Å².